The third-order valence-electron chi connectivity index (χ3n) is 5.07. The highest BCUT2D eigenvalue weighted by Crippen LogP contribution is 2.55. The van der Waals surface area contributed by atoms with E-state index in [0.29, 0.717) is 5.41 Å². The summed E-state index contributed by atoms with van der Waals surface area (Å²) in [4.78, 5) is 11.0. The molecule has 0 aliphatic heterocycles. The summed E-state index contributed by atoms with van der Waals surface area (Å²) in [7, 11) is -5.39. The summed E-state index contributed by atoms with van der Waals surface area (Å²) in [6, 6.07) is 4.23. The molecule has 0 radical (unpaired) electrons. The van der Waals surface area contributed by atoms with Crippen molar-refractivity contribution in [2.24, 2.45) is 5.41 Å². The Morgan fingerprint density at radius 3 is 2.48 bits per heavy atom. The third-order valence-corrected chi connectivity index (χ3v) is 6.56. The molecule has 5 nitrogen and oxygen atoms in total. The predicted molar refractivity (Wildman–Crippen MR) is 84.4 cm³/mol. The van der Waals surface area contributed by atoms with Crippen LogP contribution in [0.25, 0.3) is 0 Å². The van der Waals surface area contributed by atoms with Crippen molar-refractivity contribution in [3.05, 3.63) is 29.8 Å². The SMILES string of the molecule is O=C(NCc1cccc(S(=O)(=O)C(F)(F)F)c1)NC1CC2(CCC2)C1. The Labute approximate surface area is 143 Å². The Morgan fingerprint density at radius 2 is 1.92 bits per heavy atom. The van der Waals surface area contributed by atoms with Crippen molar-refractivity contribution in [1.29, 1.82) is 0 Å². The van der Waals surface area contributed by atoms with Gasteiger partial charge < -0.3 is 10.6 Å². The molecule has 0 aromatic heterocycles. The van der Waals surface area contributed by atoms with E-state index in [2.05, 4.69) is 10.6 Å². The topological polar surface area (TPSA) is 75.3 Å². The van der Waals surface area contributed by atoms with E-state index in [0.717, 1.165) is 25.0 Å². The van der Waals surface area contributed by atoms with Crippen LogP contribution in [0.5, 0.6) is 0 Å². The number of halogens is 3. The van der Waals surface area contributed by atoms with Gasteiger partial charge in [0, 0.05) is 12.6 Å². The highest BCUT2D eigenvalue weighted by atomic mass is 32.2. The number of nitrogens with one attached hydrogen (secondary N) is 2. The highest BCUT2D eigenvalue weighted by Gasteiger charge is 2.48. The zero-order chi connectivity index (χ0) is 18.3. The molecule has 138 valence electrons. The van der Waals surface area contributed by atoms with Gasteiger partial charge in [-0.05, 0) is 48.8 Å². The smallest absolute Gasteiger partial charge is 0.335 e. The number of benzene rings is 1. The van der Waals surface area contributed by atoms with E-state index in [1.54, 1.807) is 0 Å². The van der Waals surface area contributed by atoms with Gasteiger partial charge in [-0.15, -0.1) is 0 Å². The Kier molecular flexibility index (Phi) is 4.47. The van der Waals surface area contributed by atoms with Gasteiger partial charge in [0.25, 0.3) is 9.84 Å². The van der Waals surface area contributed by atoms with E-state index < -0.39 is 26.3 Å². The quantitative estimate of drug-likeness (QED) is 0.848. The largest absolute Gasteiger partial charge is 0.501 e. The maximum absolute atomic E-state index is 12.6. The van der Waals surface area contributed by atoms with E-state index in [4.69, 9.17) is 0 Å². The first-order valence-electron chi connectivity index (χ1n) is 8.06. The Hall–Kier alpha value is -1.77. The molecule has 0 saturated heterocycles. The molecule has 1 aromatic carbocycles. The fraction of sp³-hybridized carbons (Fsp3) is 0.562. The molecule has 1 aromatic rings. The molecule has 25 heavy (non-hydrogen) atoms. The minimum atomic E-state index is -5.39. The number of hydrogen-bond acceptors (Lipinski definition) is 3. The monoisotopic (exact) mass is 376 g/mol. The maximum Gasteiger partial charge on any atom is 0.501 e. The van der Waals surface area contributed by atoms with Crippen LogP contribution >= 0.6 is 0 Å². The number of urea groups is 1. The Bertz CT molecular complexity index is 765. The number of carbonyl (C=O) groups is 1. The third kappa shape index (κ3) is 3.61. The van der Waals surface area contributed by atoms with Crippen LogP contribution in [0.4, 0.5) is 18.0 Å². The molecule has 2 saturated carbocycles. The van der Waals surface area contributed by atoms with Crippen LogP contribution in [0.1, 0.15) is 37.7 Å². The number of carbonyl (C=O) groups excluding carboxylic acids is 1. The first kappa shape index (κ1) is 18.0. The molecule has 0 unspecified atom stereocenters. The Morgan fingerprint density at radius 1 is 1.24 bits per heavy atom. The molecule has 2 amide bonds. The summed E-state index contributed by atoms with van der Waals surface area (Å²) in [5, 5.41) is 5.38. The lowest BCUT2D eigenvalue weighted by molar-refractivity contribution is -0.0436. The van der Waals surface area contributed by atoms with Crippen molar-refractivity contribution in [3.63, 3.8) is 0 Å². The second-order valence-electron chi connectivity index (χ2n) is 6.88. The van der Waals surface area contributed by atoms with Crippen molar-refractivity contribution in [2.45, 2.75) is 55.1 Å². The molecule has 2 aliphatic rings. The summed E-state index contributed by atoms with van der Waals surface area (Å²) in [6.07, 6.45) is 5.62. The van der Waals surface area contributed by atoms with Crippen LogP contribution in [-0.2, 0) is 16.4 Å². The van der Waals surface area contributed by atoms with Crippen LogP contribution in [0.2, 0.25) is 0 Å². The fourth-order valence-corrected chi connectivity index (χ4v) is 4.38. The van der Waals surface area contributed by atoms with Crippen molar-refractivity contribution >= 4 is 15.9 Å². The van der Waals surface area contributed by atoms with Gasteiger partial charge in [0.1, 0.15) is 0 Å². The number of hydrogen-bond donors (Lipinski definition) is 2. The minimum Gasteiger partial charge on any atom is -0.335 e. The molecular weight excluding hydrogens is 357 g/mol. The molecule has 0 heterocycles. The summed E-state index contributed by atoms with van der Waals surface area (Å²) in [5.74, 6) is 0. The molecule has 0 atom stereocenters. The highest BCUT2D eigenvalue weighted by molar-refractivity contribution is 7.92. The lowest BCUT2D eigenvalue weighted by atomic mass is 9.54. The van der Waals surface area contributed by atoms with Gasteiger partial charge in [-0.3, -0.25) is 0 Å². The van der Waals surface area contributed by atoms with Gasteiger partial charge in [-0.1, -0.05) is 18.6 Å². The standard InChI is InChI=1S/C16H19F3N2O3S/c17-16(18,19)25(23,24)13-4-1-3-11(7-13)10-20-14(22)21-12-8-15(9-12)5-2-6-15/h1,3-4,7,12H,2,5-6,8-10H2,(H2,20,21,22). The first-order valence-corrected chi connectivity index (χ1v) is 9.54. The summed E-state index contributed by atoms with van der Waals surface area (Å²) in [6.45, 7) is -0.0507. The molecular formula is C16H19F3N2O3S. The second-order valence-corrected chi connectivity index (χ2v) is 8.82. The number of amides is 2. The van der Waals surface area contributed by atoms with Crippen molar-refractivity contribution in [2.75, 3.05) is 0 Å². The van der Waals surface area contributed by atoms with Crippen molar-refractivity contribution < 1.29 is 26.4 Å². The van der Waals surface area contributed by atoms with Crippen LogP contribution in [-0.4, -0.2) is 26.0 Å². The first-order chi connectivity index (χ1) is 11.6. The van der Waals surface area contributed by atoms with Gasteiger partial charge >= 0.3 is 11.5 Å². The summed E-state index contributed by atoms with van der Waals surface area (Å²) in [5.41, 5.74) is -4.64. The van der Waals surface area contributed by atoms with Crippen LogP contribution in [0.15, 0.2) is 29.2 Å². The number of sulfone groups is 1. The lowest BCUT2D eigenvalue weighted by Gasteiger charge is -2.54. The van der Waals surface area contributed by atoms with Crippen molar-refractivity contribution in [3.8, 4) is 0 Å². The van der Waals surface area contributed by atoms with Gasteiger partial charge in [0.05, 0.1) is 4.90 Å². The molecule has 2 fully saturated rings. The minimum absolute atomic E-state index is 0.0507. The zero-order valence-corrected chi connectivity index (χ0v) is 14.2. The summed E-state index contributed by atoms with van der Waals surface area (Å²) >= 11 is 0. The second kappa shape index (κ2) is 6.19. The van der Waals surface area contributed by atoms with Gasteiger partial charge in [0.15, 0.2) is 0 Å². The van der Waals surface area contributed by atoms with Gasteiger partial charge in [0.2, 0.25) is 0 Å². The zero-order valence-electron chi connectivity index (χ0n) is 13.4. The molecule has 2 aliphatic carbocycles. The number of alkyl halides is 3. The normalized spacial score (nSPS) is 19.8. The van der Waals surface area contributed by atoms with Gasteiger partial charge in [-0.2, -0.15) is 13.2 Å². The van der Waals surface area contributed by atoms with E-state index >= 15 is 0 Å². The number of rotatable bonds is 4. The molecule has 9 heteroatoms. The lowest BCUT2D eigenvalue weighted by Crippen LogP contribution is -2.55. The van der Waals surface area contributed by atoms with E-state index in [9.17, 15) is 26.4 Å². The van der Waals surface area contributed by atoms with Crippen molar-refractivity contribution in [1.82, 2.24) is 10.6 Å². The van der Waals surface area contributed by atoms with Crippen LogP contribution < -0.4 is 10.6 Å². The molecule has 2 N–H and O–H groups in total. The van der Waals surface area contributed by atoms with Gasteiger partial charge in [-0.25, -0.2) is 13.2 Å². The van der Waals surface area contributed by atoms with E-state index in [-0.39, 0.29) is 18.2 Å². The Balaban J connectivity index is 1.53. The van der Waals surface area contributed by atoms with E-state index in [1.165, 1.54) is 31.4 Å². The van der Waals surface area contributed by atoms with E-state index in [1.807, 2.05) is 0 Å². The molecule has 0 bridgehead atoms. The maximum atomic E-state index is 12.6. The average Bonchev–Trinajstić information content (AvgIpc) is 2.45. The molecule has 1 spiro atoms. The van der Waals surface area contributed by atoms with Crippen LogP contribution in [0.3, 0.4) is 0 Å². The molecule has 3 rings (SSSR count). The average molecular weight is 376 g/mol. The summed E-state index contributed by atoms with van der Waals surface area (Å²) < 4.78 is 60.6. The fourth-order valence-electron chi connectivity index (χ4n) is 3.55. The predicted octanol–water partition coefficient (Wildman–Crippen LogP) is 3.11. The van der Waals surface area contributed by atoms with Crippen LogP contribution in [0, 0.1) is 5.41 Å².